The lowest BCUT2D eigenvalue weighted by atomic mass is 10.2. The number of benzene rings is 3. The van der Waals surface area contributed by atoms with Gasteiger partial charge in [-0.15, -0.1) is 0 Å². The summed E-state index contributed by atoms with van der Waals surface area (Å²) in [7, 11) is -2.42. The highest BCUT2D eigenvalue weighted by Crippen LogP contribution is 2.22. The van der Waals surface area contributed by atoms with Crippen LogP contribution in [0.25, 0.3) is 0 Å². The summed E-state index contributed by atoms with van der Waals surface area (Å²) < 4.78 is 46.9. The molecule has 0 aromatic heterocycles. The van der Waals surface area contributed by atoms with Crippen LogP contribution in [0.1, 0.15) is 15.9 Å². The number of amides is 1. The van der Waals surface area contributed by atoms with Crippen LogP contribution in [0.5, 0.6) is 5.75 Å². The zero-order chi connectivity index (χ0) is 21.7. The predicted molar refractivity (Wildman–Crippen MR) is 113 cm³/mol. The molecule has 0 aliphatic heterocycles. The van der Waals surface area contributed by atoms with Gasteiger partial charge >= 0.3 is 0 Å². The van der Waals surface area contributed by atoms with Gasteiger partial charge in [-0.25, -0.2) is 17.5 Å². The molecule has 0 aliphatic rings. The van der Waals surface area contributed by atoms with Gasteiger partial charge in [0, 0.05) is 6.54 Å². The van der Waals surface area contributed by atoms with Crippen molar-refractivity contribution in [1.29, 1.82) is 0 Å². The number of carbonyl (C=O) groups excluding carboxylic acids is 1. The van der Waals surface area contributed by atoms with Gasteiger partial charge in [-0.1, -0.05) is 35.9 Å². The first-order valence-electron chi connectivity index (χ1n) is 8.78. The molecule has 0 saturated carbocycles. The monoisotopic (exact) mass is 448 g/mol. The second kappa shape index (κ2) is 9.25. The van der Waals surface area contributed by atoms with Gasteiger partial charge in [-0.2, -0.15) is 0 Å². The number of rotatable bonds is 7. The fourth-order valence-corrected chi connectivity index (χ4v) is 3.86. The van der Waals surface area contributed by atoms with E-state index in [1.165, 1.54) is 31.4 Å². The fourth-order valence-electron chi connectivity index (χ4n) is 2.60. The summed E-state index contributed by atoms with van der Waals surface area (Å²) in [5.74, 6) is -0.839. The first-order valence-corrected chi connectivity index (χ1v) is 10.6. The van der Waals surface area contributed by atoms with Crippen LogP contribution in [-0.2, 0) is 16.6 Å². The summed E-state index contributed by atoms with van der Waals surface area (Å²) in [6, 6.07) is 16.4. The van der Waals surface area contributed by atoms with Crippen LogP contribution in [0, 0.1) is 5.82 Å². The number of nitrogens with one attached hydrogen (secondary N) is 2. The van der Waals surface area contributed by atoms with Crippen molar-refractivity contribution in [3.8, 4) is 5.75 Å². The molecule has 3 aromatic rings. The highest BCUT2D eigenvalue weighted by molar-refractivity contribution is 7.89. The quantitative estimate of drug-likeness (QED) is 0.566. The molecule has 1 amide bonds. The number of carbonyl (C=O) groups is 1. The molecule has 156 valence electrons. The average Bonchev–Trinajstić information content (AvgIpc) is 2.74. The summed E-state index contributed by atoms with van der Waals surface area (Å²) in [6.45, 7) is 0.0267. The largest absolute Gasteiger partial charge is 0.497 e. The van der Waals surface area contributed by atoms with Gasteiger partial charge in [0.05, 0.1) is 28.3 Å². The van der Waals surface area contributed by atoms with Gasteiger partial charge in [0.25, 0.3) is 5.91 Å². The van der Waals surface area contributed by atoms with E-state index in [0.717, 1.165) is 6.07 Å². The van der Waals surface area contributed by atoms with Crippen LogP contribution in [0.3, 0.4) is 0 Å². The normalized spacial score (nSPS) is 11.2. The van der Waals surface area contributed by atoms with Crippen molar-refractivity contribution in [1.82, 2.24) is 4.72 Å². The average molecular weight is 449 g/mol. The zero-order valence-electron chi connectivity index (χ0n) is 15.9. The standard InChI is InChI=1S/C21H18ClFN2O4S/c1-29-15-8-6-14(7-9-15)13-24-30(27,28)16-10-11-20(19(23)12-16)25-21(26)17-4-2-3-5-18(17)22/h2-12,24H,13H2,1H3,(H,25,26). The lowest BCUT2D eigenvalue weighted by Gasteiger charge is -2.11. The number of methoxy groups -OCH3 is 1. The van der Waals surface area contributed by atoms with Crippen molar-refractivity contribution in [2.75, 3.05) is 12.4 Å². The highest BCUT2D eigenvalue weighted by atomic mass is 35.5. The summed E-state index contributed by atoms with van der Waals surface area (Å²) in [5, 5.41) is 2.61. The van der Waals surface area contributed by atoms with Crippen LogP contribution in [0.4, 0.5) is 10.1 Å². The topological polar surface area (TPSA) is 84.5 Å². The van der Waals surface area contributed by atoms with E-state index in [1.54, 1.807) is 36.4 Å². The van der Waals surface area contributed by atoms with Crippen LogP contribution in [0.15, 0.2) is 71.6 Å². The molecule has 6 nitrogen and oxygen atoms in total. The molecule has 2 N–H and O–H groups in total. The Morgan fingerprint density at radius 3 is 2.40 bits per heavy atom. The zero-order valence-corrected chi connectivity index (χ0v) is 17.4. The SMILES string of the molecule is COc1ccc(CNS(=O)(=O)c2ccc(NC(=O)c3ccccc3Cl)c(F)c2)cc1. The van der Waals surface area contributed by atoms with Crippen molar-refractivity contribution in [2.24, 2.45) is 0 Å². The van der Waals surface area contributed by atoms with Crippen LogP contribution in [-0.4, -0.2) is 21.4 Å². The molecule has 30 heavy (non-hydrogen) atoms. The maximum absolute atomic E-state index is 14.4. The fraction of sp³-hybridized carbons (Fsp3) is 0.0952. The van der Waals surface area contributed by atoms with Gasteiger partial charge < -0.3 is 10.1 Å². The number of halogens is 2. The second-order valence-corrected chi connectivity index (χ2v) is 8.42. The van der Waals surface area contributed by atoms with Crippen molar-refractivity contribution >= 4 is 33.2 Å². The first-order chi connectivity index (χ1) is 14.3. The van der Waals surface area contributed by atoms with E-state index < -0.39 is 21.7 Å². The Hall–Kier alpha value is -2.94. The smallest absolute Gasteiger partial charge is 0.257 e. The van der Waals surface area contributed by atoms with Crippen molar-refractivity contribution < 1.29 is 22.3 Å². The second-order valence-electron chi connectivity index (χ2n) is 6.25. The Labute approximate surface area is 178 Å². The van der Waals surface area contributed by atoms with E-state index in [2.05, 4.69) is 10.0 Å². The van der Waals surface area contributed by atoms with Crippen LogP contribution in [0.2, 0.25) is 5.02 Å². The van der Waals surface area contributed by atoms with Gasteiger partial charge in [0.2, 0.25) is 10.0 Å². The number of sulfonamides is 1. The summed E-state index contributed by atoms with van der Waals surface area (Å²) in [6.07, 6.45) is 0. The van der Waals surface area contributed by atoms with Gasteiger partial charge in [0.1, 0.15) is 11.6 Å². The Balaban J connectivity index is 1.71. The molecule has 0 saturated heterocycles. The highest BCUT2D eigenvalue weighted by Gasteiger charge is 2.18. The minimum atomic E-state index is -3.96. The van der Waals surface area contributed by atoms with E-state index in [0.29, 0.717) is 11.3 Å². The maximum Gasteiger partial charge on any atom is 0.257 e. The molecular weight excluding hydrogens is 431 g/mol. The van der Waals surface area contributed by atoms with E-state index >= 15 is 0 Å². The van der Waals surface area contributed by atoms with Crippen LogP contribution >= 0.6 is 11.6 Å². The Morgan fingerprint density at radius 2 is 1.77 bits per heavy atom. The van der Waals surface area contributed by atoms with Crippen molar-refractivity contribution in [3.05, 3.63) is 88.7 Å². The summed E-state index contributed by atoms with van der Waals surface area (Å²) in [5.41, 5.74) is 0.730. The molecule has 9 heteroatoms. The lowest BCUT2D eigenvalue weighted by Crippen LogP contribution is -2.23. The third kappa shape index (κ3) is 5.15. The Morgan fingerprint density at radius 1 is 1.07 bits per heavy atom. The third-order valence-electron chi connectivity index (χ3n) is 4.24. The molecule has 0 fully saturated rings. The summed E-state index contributed by atoms with van der Waals surface area (Å²) in [4.78, 5) is 12.0. The molecule has 0 spiro atoms. The number of anilines is 1. The van der Waals surface area contributed by atoms with E-state index in [4.69, 9.17) is 16.3 Å². The van der Waals surface area contributed by atoms with Crippen LogP contribution < -0.4 is 14.8 Å². The Kier molecular flexibility index (Phi) is 6.71. The molecule has 0 heterocycles. The first kappa shape index (κ1) is 21.8. The number of hydrogen-bond donors (Lipinski definition) is 2. The molecule has 3 rings (SSSR count). The predicted octanol–water partition coefficient (Wildman–Crippen LogP) is 4.22. The molecular formula is C21H18ClFN2O4S. The van der Waals surface area contributed by atoms with Gasteiger partial charge in [-0.3, -0.25) is 4.79 Å². The van der Waals surface area contributed by atoms with Crippen molar-refractivity contribution in [2.45, 2.75) is 11.4 Å². The van der Waals surface area contributed by atoms with E-state index in [1.807, 2.05) is 0 Å². The van der Waals surface area contributed by atoms with E-state index in [-0.39, 0.29) is 27.7 Å². The molecule has 0 aliphatic carbocycles. The lowest BCUT2D eigenvalue weighted by molar-refractivity contribution is 0.102. The minimum Gasteiger partial charge on any atom is -0.497 e. The molecule has 3 aromatic carbocycles. The molecule has 0 bridgehead atoms. The molecule has 0 radical (unpaired) electrons. The number of hydrogen-bond acceptors (Lipinski definition) is 4. The third-order valence-corrected chi connectivity index (χ3v) is 5.97. The minimum absolute atomic E-state index is 0.0267. The number of ether oxygens (including phenoxy) is 1. The summed E-state index contributed by atoms with van der Waals surface area (Å²) >= 11 is 5.96. The molecule has 0 atom stereocenters. The Bertz CT molecular complexity index is 1170. The maximum atomic E-state index is 14.4. The van der Waals surface area contributed by atoms with Gasteiger partial charge in [0.15, 0.2) is 0 Å². The van der Waals surface area contributed by atoms with E-state index in [9.17, 15) is 17.6 Å². The van der Waals surface area contributed by atoms with Crippen molar-refractivity contribution in [3.63, 3.8) is 0 Å². The van der Waals surface area contributed by atoms with Gasteiger partial charge in [-0.05, 0) is 48.0 Å². The molecule has 0 unspecified atom stereocenters.